The van der Waals surface area contributed by atoms with E-state index in [4.69, 9.17) is 25.7 Å². The number of halogens is 3. The normalized spacial score (nSPS) is 12.0. The molecule has 0 fully saturated rings. The fraction of sp³-hybridized carbons (Fsp3) is 0. The predicted molar refractivity (Wildman–Crippen MR) is 109 cm³/mol. The fourth-order valence-corrected chi connectivity index (χ4v) is 9.15. The van der Waals surface area contributed by atoms with Gasteiger partial charge in [-0.05, 0) is 0 Å². The molecule has 0 unspecified atom stereocenters. The molecule has 7 heteroatoms. The zero-order chi connectivity index (χ0) is 17.9. The maximum atomic E-state index is 12.7. The van der Waals surface area contributed by atoms with E-state index < -0.39 is 30.4 Å². The zero-order valence-corrected chi connectivity index (χ0v) is 17.3. The fourth-order valence-electron chi connectivity index (χ4n) is 1.99. The Balaban J connectivity index is 2.02. The van der Waals surface area contributed by atoms with Gasteiger partial charge in [0.25, 0.3) is 0 Å². The summed E-state index contributed by atoms with van der Waals surface area (Å²) in [4.78, 5) is 0.139. The number of rotatable bonds is 5. The summed E-state index contributed by atoms with van der Waals surface area (Å²) in [5.74, 6) is 0. The van der Waals surface area contributed by atoms with Crippen molar-refractivity contribution in [2.75, 3.05) is 0 Å². The second-order valence-electron chi connectivity index (χ2n) is 4.95. The van der Waals surface area contributed by atoms with Gasteiger partial charge in [-0.3, -0.25) is 0 Å². The topological polar surface area (TPSA) is 43.4 Å². The molecule has 130 valence electrons. The Morgan fingerprint density at radius 3 is 1.56 bits per heavy atom. The van der Waals surface area contributed by atoms with E-state index in [9.17, 15) is 8.42 Å². The van der Waals surface area contributed by atoms with E-state index in [1.54, 1.807) is 42.5 Å². The van der Waals surface area contributed by atoms with Crippen molar-refractivity contribution >= 4 is 53.6 Å². The Bertz CT molecular complexity index is 898. The molecule has 0 heterocycles. The Kier molecular flexibility index (Phi) is 6.01. The second kappa shape index (κ2) is 8.05. The summed E-state index contributed by atoms with van der Waals surface area (Å²) in [6, 6.07) is 22.3. The molecule has 0 bridgehead atoms. The van der Waals surface area contributed by atoms with Crippen LogP contribution in [0.15, 0.2) is 83.8 Å². The molecular formula is C18H13Cl2IO3S. The van der Waals surface area contributed by atoms with Crippen molar-refractivity contribution in [2.24, 2.45) is 0 Å². The van der Waals surface area contributed by atoms with Crippen LogP contribution in [0.25, 0.3) is 0 Å². The van der Waals surface area contributed by atoms with Crippen LogP contribution in [0.1, 0.15) is 0 Å². The molecule has 0 N–H and O–H groups in total. The first-order valence-electron chi connectivity index (χ1n) is 7.17. The molecule has 3 aromatic rings. The van der Waals surface area contributed by atoms with E-state index in [1.165, 1.54) is 12.1 Å². The Hall–Kier alpha value is -1.12. The zero-order valence-electron chi connectivity index (χ0n) is 12.8. The molecule has 0 aromatic heterocycles. The third-order valence-electron chi connectivity index (χ3n) is 3.18. The molecule has 0 aliphatic heterocycles. The van der Waals surface area contributed by atoms with Crippen molar-refractivity contribution < 1.29 is 10.9 Å². The minimum absolute atomic E-state index is 0.139. The monoisotopic (exact) mass is 506 g/mol. The van der Waals surface area contributed by atoms with Gasteiger partial charge in [0, 0.05) is 0 Å². The molecule has 0 saturated carbocycles. The molecule has 0 aliphatic rings. The average molecular weight is 507 g/mol. The second-order valence-corrected chi connectivity index (χ2v) is 12.3. The van der Waals surface area contributed by atoms with Gasteiger partial charge in [0.1, 0.15) is 0 Å². The van der Waals surface area contributed by atoms with E-state index in [2.05, 4.69) is 0 Å². The Morgan fingerprint density at radius 1 is 0.680 bits per heavy atom. The van der Waals surface area contributed by atoms with Crippen LogP contribution in [0.3, 0.4) is 0 Å². The standard InChI is InChI=1S/C18H13Cl2IO3S/c19-14-6-10-16(11-7-14)21(17-12-8-15(20)9-13-17)24-25(22,23)18-4-2-1-3-5-18/h1-13H. The molecule has 0 spiro atoms. The van der Waals surface area contributed by atoms with Gasteiger partial charge in [-0.2, -0.15) is 0 Å². The van der Waals surface area contributed by atoms with Crippen molar-refractivity contribution in [3.8, 4) is 0 Å². The van der Waals surface area contributed by atoms with Gasteiger partial charge in [0.05, 0.1) is 0 Å². The van der Waals surface area contributed by atoms with E-state index in [1.807, 2.05) is 24.3 Å². The summed E-state index contributed by atoms with van der Waals surface area (Å²) < 4.78 is 32.8. The first-order valence-corrected chi connectivity index (χ1v) is 12.4. The van der Waals surface area contributed by atoms with Crippen LogP contribution in [0.5, 0.6) is 0 Å². The summed E-state index contributed by atoms with van der Waals surface area (Å²) in [5.41, 5.74) is 0. The van der Waals surface area contributed by atoms with Crippen LogP contribution in [0.2, 0.25) is 10.0 Å². The molecule has 0 amide bonds. The molecule has 25 heavy (non-hydrogen) atoms. The molecule has 3 aromatic carbocycles. The van der Waals surface area contributed by atoms with Crippen LogP contribution in [0, 0.1) is 7.14 Å². The molecule has 0 radical (unpaired) electrons. The van der Waals surface area contributed by atoms with Crippen molar-refractivity contribution in [3.05, 3.63) is 96.0 Å². The number of hydrogen-bond donors (Lipinski definition) is 0. The van der Waals surface area contributed by atoms with Gasteiger partial charge in [0.2, 0.25) is 0 Å². The number of hydrogen-bond acceptors (Lipinski definition) is 3. The van der Waals surface area contributed by atoms with Crippen LogP contribution >= 0.6 is 43.4 Å². The molecule has 0 saturated heterocycles. The third kappa shape index (κ3) is 4.74. The predicted octanol–water partition coefficient (Wildman–Crippen LogP) is 5.86. The molecule has 3 nitrogen and oxygen atoms in total. The van der Waals surface area contributed by atoms with Crippen molar-refractivity contribution in [2.45, 2.75) is 4.90 Å². The van der Waals surface area contributed by atoms with Crippen LogP contribution < -0.4 is 0 Å². The van der Waals surface area contributed by atoms with Crippen LogP contribution in [-0.2, 0) is 12.6 Å². The average Bonchev–Trinajstić information content (AvgIpc) is 2.62. The van der Waals surface area contributed by atoms with Crippen molar-refractivity contribution in [1.82, 2.24) is 0 Å². The van der Waals surface area contributed by atoms with Crippen LogP contribution in [0.4, 0.5) is 0 Å². The van der Waals surface area contributed by atoms with E-state index in [0.29, 0.717) is 10.0 Å². The van der Waals surface area contributed by atoms with E-state index in [-0.39, 0.29) is 4.90 Å². The van der Waals surface area contributed by atoms with Gasteiger partial charge < -0.3 is 0 Å². The molecular weight excluding hydrogens is 494 g/mol. The first-order chi connectivity index (χ1) is 12.0. The van der Waals surface area contributed by atoms with Crippen molar-refractivity contribution in [1.29, 1.82) is 0 Å². The van der Waals surface area contributed by atoms with E-state index >= 15 is 0 Å². The maximum absolute atomic E-state index is 12.7. The van der Waals surface area contributed by atoms with Gasteiger partial charge in [-0.15, -0.1) is 0 Å². The molecule has 3 rings (SSSR count). The minimum atomic E-state index is -3.87. The van der Waals surface area contributed by atoms with E-state index in [0.717, 1.165) is 7.14 Å². The quantitative estimate of drug-likeness (QED) is 0.407. The van der Waals surface area contributed by atoms with Gasteiger partial charge in [-0.1, -0.05) is 0 Å². The van der Waals surface area contributed by atoms with Gasteiger partial charge >= 0.3 is 165 Å². The SMILES string of the molecule is O=S(=O)(OI(c1ccc(Cl)cc1)c1ccc(Cl)cc1)c1ccccc1. The summed E-state index contributed by atoms with van der Waals surface area (Å²) in [6.07, 6.45) is 0. The summed E-state index contributed by atoms with van der Waals surface area (Å²) in [7, 11) is -3.87. The summed E-state index contributed by atoms with van der Waals surface area (Å²) in [6.45, 7) is 0. The van der Waals surface area contributed by atoms with Crippen LogP contribution in [-0.4, -0.2) is 8.42 Å². The third-order valence-corrected chi connectivity index (χ3v) is 11.0. The summed E-state index contributed by atoms with van der Waals surface area (Å²) >= 11 is 9.20. The van der Waals surface area contributed by atoms with Gasteiger partial charge in [-0.25, -0.2) is 0 Å². The first kappa shape index (κ1) is 18.7. The Morgan fingerprint density at radius 2 is 1.12 bits per heavy atom. The molecule has 0 aliphatic carbocycles. The number of benzene rings is 3. The van der Waals surface area contributed by atoms with Crippen molar-refractivity contribution in [3.63, 3.8) is 0 Å². The van der Waals surface area contributed by atoms with Gasteiger partial charge in [0.15, 0.2) is 0 Å². The summed E-state index contributed by atoms with van der Waals surface area (Å²) in [5, 5.41) is 1.17. The molecule has 0 atom stereocenters. The Labute approximate surface area is 164 Å².